The van der Waals surface area contributed by atoms with Gasteiger partial charge in [-0.15, -0.1) is 0 Å². The van der Waals surface area contributed by atoms with Gasteiger partial charge in [-0.25, -0.2) is 13.4 Å². The van der Waals surface area contributed by atoms with Gasteiger partial charge in [-0.1, -0.05) is 11.8 Å². The van der Waals surface area contributed by atoms with Gasteiger partial charge >= 0.3 is 0 Å². The Morgan fingerprint density at radius 3 is 2.30 bits per heavy atom. The summed E-state index contributed by atoms with van der Waals surface area (Å²) >= 11 is 1.40. The predicted molar refractivity (Wildman–Crippen MR) is 128 cm³/mol. The van der Waals surface area contributed by atoms with Crippen LogP contribution in [-0.4, -0.2) is 39.6 Å². The number of anilines is 1. The number of hydrogen-bond donors (Lipinski definition) is 2. The first kappa shape index (κ1) is 24.4. The summed E-state index contributed by atoms with van der Waals surface area (Å²) in [4.78, 5) is 17.2. The molecule has 8 nitrogen and oxygen atoms in total. The average Bonchev–Trinajstić information content (AvgIpc) is 2.79. The van der Waals surface area contributed by atoms with Gasteiger partial charge in [0.05, 0.1) is 19.8 Å². The highest BCUT2D eigenvalue weighted by Gasteiger charge is 2.21. The van der Waals surface area contributed by atoms with E-state index in [1.54, 1.807) is 42.5 Å². The number of hydrogen-bond acceptors (Lipinski definition) is 7. The van der Waals surface area contributed by atoms with E-state index in [1.807, 2.05) is 13.8 Å². The Morgan fingerprint density at radius 2 is 1.73 bits per heavy atom. The zero-order valence-electron chi connectivity index (χ0n) is 18.7. The van der Waals surface area contributed by atoms with Crippen LogP contribution in [0.5, 0.6) is 11.5 Å². The molecule has 2 N–H and O–H groups in total. The molecule has 3 aromatic rings. The Hall–Kier alpha value is -3.24. The Kier molecular flexibility index (Phi) is 7.83. The van der Waals surface area contributed by atoms with Crippen molar-refractivity contribution in [2.24, 2.45) is 0 Å². The van der Waals surface area contributed by atoms with Gasteiger partial charge in [0.1, 0.15) is 21.4 Å². The van der Waals surface area contributed by atoms with Crippen molar-refractivity contribution in [3.63, 3.8) is 0 Å². The van der Waals surface area contributed by atoms with E-state index in [-0.39, 0.29) is 22.6 Å². The second-order valence-corrected chi connectivity index (χ2v) is 10.0. The van der Waals surface area contributed by atoms with Gasteiger partial charge in [0.25, 0.3) is 15.9 Å². The van der Waals surface area contributed by atoms with E-state index < -0.39 is 10.0 Å². The quantitative estimate of drug-likeness (QED) is 0.466. The topological polar surface area (TPSA) is 107 Å². The molecular formula is C23H25N3O5S2. The third-order valence-corrected chi connectivity index (χ3v) is 6.77. The molecule has 0 atom stereocenters. The van der Waals surface area contributed by atoms with Crippen LogP contribution in [0.4, 0.5) is 5.69 Å². The summed E-state index contributed by atoms with van der Waals surface area (Å²) in [5, 5.41) is 3.54. The van der Waals surface area contributed by atoms with Gasteiger partial charge in [-0.2, -0.15) is 0 Å². The van der Waals surface area contributed by atoms with Crippen molar-refractivity contribution in [1.29, 1.82) is 0 Å². The first-order valence-corrected chi connectivity index (χ1v) is 12.3. The van der Waals surface area contributed by atoms with Crippen LogP contribution >= 0.6 is 11.8 Å². The van der Waals surface area contributed by atoms with E-state index in [2.05, 4.69) is 15.0 Å². The smallest absolute Gasteiger partial charge is 0.265 e. The lowest BCUT2D eigenvalue weighted by molar-refractivity contribution is 0.0942. The fourth-order valence-electron chi connectivity index (χ4n) is 2.84. The Bertz CT molecular complexity index is 1210. The molecule has 0 saturated carbocycles. The molecule has 33 heavy (non-hydrogen) atoms. The first-order chi connectivity index (χ1) is 15.7. The maximum absolute atomic E-state index is 12.9. The van der Waals surface area contributed by atoms with Crippen LogP contribution in [0.3, 0.4) is 0 Å². The van der Waals surface area contributed by atoms with Gasteiger partial charge in [0.15, 0.2) is 0 Å². The molecule has 1 amide bonds. The zero-order chi connectivity index (χ0) is 24.0. The van der Waals surface area contributed by atoms with Gasteiger partial charge in [-0.3, -0.25) is 9.52 Å². The maximum atomic E-state index is 12.9. The number of ether oxygens (including phenoxy) is 2. The fourth-order valence-corrected chi connectivity index (χ4v) is 4.84. The summed E-state index contributed by atoms with van der Waals surface area (Å²) in [7, 11) is -1.02. The van der Waals surface area contributed by atoms with E-state index in [1.165, 1.54) is 44.3 Å². The number of benzene rings is 2. The molecule has 2 aromatic carbocycles. The molecule has 0 bridgehead atoms. The van der Waals surface area contributed by atoms with Crippen LogP contribution < -0.4 is 19.5 Å². The van der Waals surface area contributed by atoms with Crippen LogP contribution in [-0.2, 0) is 10.0 Å². The molecule has 0 spiro atoms. The summed E-state index contributed by atoms with van der Waals surface area (Å²) in [6, 6.07) is 15.0. The van der Waals surface area contributed by atoms with Crippen molar-refractivity contribution < 1.29 is 22.7 Å². The predicted octanol–water partition coefficient (Wildman–Crippen LogP) is 4.19. The number of nitrogens with zero attached hydrogens (tertiary/aromatic N) is 1. The molecule has 1 heterocycles. The minimum Gasteiger partial charge on any atom is -0.497 e. The number of rotatable bonds is 9. The standard InChI is InChI=1S/C23H25N3O5S2/c1-15(2)25-23(27)16-5-12-22(24-14-16)32-19-9-6-17(7-10-19)26-33(28,29)21-13-18(30-3)8-11-20(21)31-4/h5-15,26H,1-4H3,(H,25,27). The van der Waals surface area contributed by atoms with Gasteiger partial charge < -0.3 is 14.8 Å². The summed E-state index contributed by atoms with van der Waals surface area (Å²) in [5.74, 6) is 0.452. The molecule has 174 valence electrons. The minimum atomic E-state index is -3.89. The second kappa shape index (κ2) is 10.6. The molecule has 0 saturated heterocycles. The molecule has 0 radical (unpaired) electrons. The van der Waals surface area contributed by atoms with Crippen molar-refractivity contribution in [2.75, 3.05) is 18.9 Å². The van der Waals surface area contributed by atoms with Crippen molar-refractivity contribution in [3.05, 3.63) is 66.4 Å². The molecule has 0 aliphatic carbocycles. The van der Waals surface area contributed by atoms with Crippen LogP contribution in [0.2, 0.25) is 0 Å². The van der Waals surface area contributed by atoms with Crippen LogP contribution in [0.15, 0.2) is 75.6 Å². The highest BCUT2D eigenvalue weighted by Crippen LogP contribution is 2.31. The highest BCUT2D eigenvalue weighted by atomic mass is 32.2. The number of amides is 1. The van der Waals surface area contributed by atoms with E-state index >= 15 is 0 Å². The number of pyridine rings is 1. The number of carbonyl (C=O) groups excluding carboxylic acids is 1. The van der Waals surface area contributed by atoms with Crippen molar-refractivity contribution >= 4 is 33.4 Å². The number of aromatic nitrogens is 1. The first-order valence-electron chi connectivity index (χ1n) is 10.0. The average molecular weight is 488 g/mol. The normalized spacial score (nSPS) is 11.2. The lowest BCUT2D eigenvalue weighted by Gasteiger charge is -2.13. The van der Waals surface area contributed by atoms with E-state index in [4.69, 9.17) is 9.47 Å². The lowest BCUT2D eigenvalue weighted by Crippen LogP contribution is -2.30. The van der Waals surface area contributed by atoms with Gasteiger partial charge in [0, 0.05) is 28.9 Å². The molecule has 0 unspecified atom stereocenters. The Morgan fingerprint density at radius 1 is 1.00 bits per heavy atom. The minimum absolute atomic E-state index is 0.0198. The van der Waals surface area contributed by atoms with Crippen molar-refractivity contribution in [2.45, 2.75) is 34.7 Å². The molecule has 0 fully saturated rings. The van der Waals surface area contributed by atoms with E-state index in [0.29, 0.717) is 22.0 Å². The molecule has 1 aromatic heterocycles. The molecular weight excluding hydrogens is 462 g/mol. The van der Waals surface area contributed by atoms with Crippen LogP contribution in [0, 0.1) is 0 Å². The van der Waals surface area contributed by atoms with Crippen LogP contribution in [0.1, 0.15) is 24.2 Å². The highest BCUT2D eigenvalue weighted by molar-refractivity contribution is 7.99. The third kappa shape index (κ3) is 6.39. The summed E-state index contributed by atoms with van der Waals surface area (Å²) in [6.45, 7) is 3.79. The van der Waals surface area contributed by atoms with Crippen molar-refractivity contribution in [3.8, 4) is 11.5 Å². The summed E-state index contributed by atoms with van der Waals surface area (Å²) in [5.41, 5.74) is 0.892. The molecule has 0 aliphatic rings. The summed E-state index contributed by atoms with van der Waals surface area (Å²) < 4.78 is 38.6. The molecule has 3 rings (SSSR count). The second-order valence-electron chi connectivity index (χ2n) is 7.26. The van der Waals surface area contributed by atoms with E-state index in [9.17, 15) is 13.2 Å². The zero-order valence-corrected chi connectivity index (χ0v) is 20.3. The third-order valence-electron chi connectivity index (χ3n) is 4.41. The van der Waals surface area contributed by atoms with Crippen LogP contribution in [0.25, 0.3) is 0 Å². The Balaban J connectivity index is 1.70. The lowest BCUT2D eigenvalue weighted by atomic mass is 10.2. The maximum Gasteiger partial charge on any atom is 0.265 e. The largest absolute Gasteiger partial charge is 0.497 e. The number of carbonyl (C=O) groups is 1. The number of nitrogens with one attached hydrogen (secondary N) is 2. The van der Waals surface area contributed by atoms with Gasteiger partial charge in [-0.05, 0) is 62.4 Å². The Labute approximate surface area is 197 Å². The van der Waals surface area contributed by atoms with Crippen molar-refractivity contribution in [1.82, 2.24) is 10.3 Å². The SMILES string of the molecule is COc1ccc(OC)c(S(=O)(=O)Nc2ccc(Sc3ccc(C(=O)NC(C)C)cn3)cc2)c1. The summed E-state index contributed by atoms with van der Waals surface area (Å²) in [6.07, 6.45) is 1.53. The monoisotopic (exact) mass is 487 g/mol. The number of methoxy groups -OCH3 is 2. The molecule has 0 aliphatic heterocycles. The fraction of sp³-hybridized carbons (Fsp3) is 0.217. The van der Waals surface area contributed by atoms with E-state index in [0.717, 1.165) is 4.90 Å². The van der Waals surface area contributed by atoms with Gasteiger partial charge in [0.2, 0.25) is 0 Å². The number of sulfonamides is 1. The molecule has 10 heteroatoms.